The van der Waals surface area contributed by atoms with Crippen LogP contribution in [0.2, 0.25) is 23.2 Å². The van der Waals surface area contributed by atoms with Crippen LogP contribution in [0.4, 0.5) is 4.79 Å². The third kappa shape index (κ3) is 7.14. The fourth-order valence-electron chi connectivity index (χ4n) is 3.25. The largest absolute Gasteiger partial charge is 0.444 e. The van der Waals surface area contributed by atoms with E-state index in [0.717, 1.165) is 5.57 Å². The molecule has 0 aromatic carbocycles. The van der Waals surface area contributed by atoms with Crippen LogP contribution in [-0.4, -0.2) is 59.8 Å². The Balaban J connectivity index is 1.62. The summed E-state index contributed by atoms with van der Waals surface area (Å²) in [5, 5.41) is 8.97. The number of aromatic nitrogens is 3. The van der Waals surface area contributed by atoms with E-state index in [9.17, 15) is 4.79 Å². The molecule has 192 valence electrons. The Morgan fingerprint density at radius 2 is 1.91 bits per heavy atom. The smallest absolute Gasteiger partial charge is 0.410 e. The molecule has 0 spiro atoms. The van der Waals surface area contributed by atoms with Crippen LogP contribution >= 0.6 is 11.6 Å². The number of carbonyl (C=O) groups is 1. The molecule has 3 rings (SSSR count). The van der Waals surface area contributed by atoms with Crippen LogP contribution in [0.15, 0.2) is 22.8 Å². The van der Waals surface area contributed by atoms with Crippen molar-refractivity contribution in [2.75, 3.05) is 19.7 Å². The highest BCUT2D eigenvalue weighted by molar-refractivity contribution is 6.74. The highest BCUT2D eigenvalue weighted by Gasteiger charge is 2.37. The lowest BCUT2D eigenvalue weighted by Crippen LogP contribution is -2.41. The molecule has 1 amide bonds. The van der Waals surface area contributed by atoms with Gasteiger partial charge in [-0.1, -0.05) is 38.4 Å². The van der Waals surface area contributed by atoms with Gasteiger partial charge in [0.2, 0.25) is 11.8 Å². The number of ether oxygens (including phenoxy) is 1. The summed E-state index contributed by atoms with van der Waals surface area (Å²) in [6, 6.07) is 1.79. The molecule has 0 saturated heterocycles. The van der Waals surface area contributed by atoms with Gasteiger partial charge in [-0.2, -0.15) is 0 Å². The molecule has 0 radical (unpaired) electrons. The van der Waals surface area contributed by atoms with Gasteiger partial charge in [-0.3, -0.25) is 4.98 Å². The minimum absolute atomic E-state index is 0.152. The van der Waals surface area contributed by atoms with Crippen molar-refractivity contribution in [1.29, 1.82) is 0 Å². The zero-order valence-electron chi connectivity index (χ0n) is 22.1. The highest BCUT2D eigenvalue weighted by atomic mass is 35.5. The molecule has 0 fully saturated rings. The summed E-state index contributed by atoms with van der Waals surface area (Å²) in [6.45, 7) is 18.2. The summed E-state index contributed by atoms with van der Waals surface area (Å²) < 4.78 is 17.5. The maximum absolute atomic E-state index is 12.3. The average Bonchev–Trinajstić information content (AvgIpc) is 3.20. The van der Waals surface area contributed by atoms with Crippen molar-refractivity contribution in [3.8, 4) is 11.5 Å². The van der Waals surface area contributed by atoms with Crippen LogP contribution in [0.5, 0.6) is 0 Å². The van der Waals surface area contributed by atoms with Crippen LogP contribution in [-0.2, 0) is 15.6 Å². The first-order valence-electron chi connectivity index (χ1n) is 12.0. The zero-order chi connectivity index (χ0) is 26.0. The Hall–Kier alpha value is -2.23. The Morgan fingerprint density at radius 1 is 1.20 bits per heavy atom. The van der Waals surface area contributed by atoms with Gasteiger partial charge in [0.05, 0.1) is 16.3 Å². The van der Waals surface area contributed by atoms with Gasteiger partial charge in [0, 0.05) is 32.3 Å². The van der Waals surface area contributed by atoms with E-state index in [0.29, 0.717) is 60.6 Å². The third-order valence-corrected chi connectivity index (χ3v) is 11.1. The van der Waals surface area contributed by atoms with Gasteiger partial charge in [-0.25, -0.2) is 4.79 Å². The normalized spacial score (nSPS) is 15.2. The zero-order valence-corrected chi connectivity index (χ0v) is 23.8. The van der Waals surface area contributed by atoms with Gasteiger partial charge in [0.15, 0.2) is 8.32 Å². The van der Waals surface area contributed by atoms with Gasteiger partial charge in [0.1, 0.15) is 5.60 Å². The molecule has 0 unspecified atom stereocenters. The monoisotopic (exact) mass is 520 g/mol. The second kappa shape index (κ2) is 10.4. The van der Waals surface area contributed by atoms with E-state index in [1.54, 1.807) is 17.2 Å². The van der Waals surface area contributed by atoms with Crippen LogP contribution in [0, 0.1) is 0 Å². The van der Waals surface area contributed by atoms with E-state index in [1.165, 1.54) is 0 Å². The van der Waals surface area contributed by atoms with Gasteiger partial charge >= 0.3 is 6.09 Å². The number of hydrogen-bond acceptors (Lipinski definition) is 7. The molecule has 1 aliphatic rings. The van der Waals surface area contributed by atoms with Crippen molar-refractivity contribution < 1.29 is 18.4 Å². The molecule has 0 aliphatic carbocycles. The summed E-state index contributed by atoms with van der Waals surface area (Å²) >= 11 is 6.57. The molecule has 1 aliphatic heterocycles. The van der Waals surface area contributed by atoms with E-state index < -0.39 is 13.9 Å². The van der Waals surface area contributed by atoms with Crippen molar-refractivity contribution in [2.24, 2.45) is 0 Å². The standard InChI is InChI=1S/C25H37ClN4O4Si/c1-24(2,3)34-23(31)30-12-9-17(10-13-30)21-19(26)15-18(16-27-21)22-29-28-20(33-22)11-14-32-35(7,8)25(4,5)6/h9,15-16H,10-14H2,1-8H3. The van der Waals surface area contributed by atoms with Gasteiger partial charge in [-0.15, -0.1) is 10.2 Å². The van der Waals surface area contributed by atoms with Crippen LogP contribution < -0.4 is 0 Å². The van der Waals surface area contributed by atoms with E-state index >= 15 is 0 Å². The van der Waals surface area contributed by atoms with Crippen LogP contribution in [0.3, 0.4) is 0 Å². The molecule has 0 saturated carbocycles. The van der Waals surface area contributed by atoms with Crippen molar-refractivity contribution in [2.45, 2.75) is 78.1 Å². The number of halogens is 1. The number of amides is 1. The quantitative estimate of drug-likeness (QED) is 0.408. The summed E-state index contributed by atoms with van der Waals surface area (Å²) in [5.74, 6) is 0.901. The van der Waals surface area contributed by atoms with Gasteiger partial charge in [0.25, 0.3) is 0 Å². The summed E-state index contributed by atoms with van der Waals surface area (Å²) in [5.41, 5.74) is 1.83. The lowest BCUT2D eigenvalue weighted by molar-refractivity contribution is 0.0270. The first-order valence-corrected chi connectivity index (χ1v) is 15.2. The predicted octanol–water partition coefficient (Wildman–Crippen LogP) is 6.37. The summed E-state index contributed by atoms with van der Waals surface area (Å²) in [6.07, 6.45) is 4.54. The van der Waals surface area contributed by atoms with Crippen molar-refractivity contribution in [1.82, 2.24) is 20.1 Å². The van der Waals surface area contributed by atoms with Crippen molar-refractivity contribution in [3.05, 3.63) is 34.9 Å². The van der Waals surface area contributed by atoms with E-state index in [4.69, 9.17) is 25.2 Å². The summed E-state index contributed by atoms with van der Waals surface area (Å²) in [7, 11) is -1.82. The predicted molar refractivity (Wildman–Crippen MR) is 140 cm³/mol. The van der Waals surface area contributed by atoms with Crippen LogP contribution in [0.1, 0.15) is 59.5 Å². The van der Waals surface area contributed by atoms with E-state index in [-0.39, 0.29) is 11.1 Å². The average molecular weight is 521 g/mol. The van der Waals surface area contributed by atoms with Crippen molar-refractivity contribution >= 4 is 31.6 Å². The Kier molecular flexibility index (Phi) is 8.13. The number of rotatable bonds is 6. The first-order chi connectivity index (χ1) is 16.2. The molecule has 0 atom stereocenters. The SMILES string of the molecule is CC(C)(C)OC(=O)N1CC=C(c2ncc(-c3nnc(CCO[Si](C)(C)C(C)(C)C)o3)cc2Cl)CC1. The number of pyridine rings is 1. The minimum atomic E-state index is -1.82. The minimum Gasteiger partial charge on any atom is -0.444 e. The Labute approximate surface area is 214 Å². The molecule has 0 bridgehead atoms. The topological polar surface area (TPSA) is 90.6 Å². The van der Waals surface area contributed by atoms with Crippen LogP contribution in [0.25, 0.3) is 17.0 Å². The summed E-state index contributed by atoms with van der Waals surface area (Å²) in [4.78, 5) is 18.5. The van der Waals surface area contributed by atoms with Gasteiger partial charge in [-0.05, 0) is 57.0 Å². The molecule has 0 N–H and O–H groups in total. The molecule has 3 heterocycles. The number of carbonyl (C=O) groups excluding carboxylic acids is 1. The van der Waals surface area contributed by atoms with Gasteiger partial charge < -0.3 is 18.5 Å². The third-order valence-electron chi connectivity index (χ3n) is 6.30. The Bertz CT molecular complexity index is 1090. The fourth-order valence-corrected chi connectivity index (χ4v) is 4.58. The number of nitrogens with zero attached hydrogens (tertiary/aromatic N) is 4. The second-order valence-electron chi connectivity index (χ2n) is 11.3. The van der Waals surface area contributed by atoms with Crippen molar-refractivity contribution in [3.63, 3.8) is 0 Å². The first kappa shape index (κ1) is 27.4. The maximum Gasteiger partial charge on any atom is 0.410 e. The second-order valence-corrected chi connectivity index (χ2v) is 16.5. The lowest BCUT2D eigenvalue weighted by atomic mass is 10.0. The number of hydrogen-bond donors (Lipinski definition) is 0. The molecule has 8 nitrogen and oxygen atoms in total. The molecular weight excluding hydrogens is 484 g/mol. The molecule has 2 aromatic rings. The Morgan fingerprint density at radius 3 is 2.49 bits per heavy atom. The molecule has 2 aromatic heterocycles. The highest BCUT2D eigenvalue weighted by Crippen LogP contribution is 2.36. The fraction of sp³-hybridized carbons (Fsp3) is 0.600. The van der Waals surface area contributed by atoms with E-state index in [1.807, 2.05) is 26.8 Å². The molecular formula is C25H37ClN4O4Si. The molecule has 10 heteroatoms. The van der Waals surface area contributed by atoms with E-state index in [2.05, 4.69) is 49.0 Å². The maximum atomic E-state index is 12.3. The molecule has 35 heavy (non-hydrogen) atoms. The lowest BCUT2D eigenvalue weighted by Gasteiger charge is -2.36.